The molecule has 6 nitrogen and oxygen atoms in total. The number of nitrogens with one attached hydrogen (secondary N) is 1. The van der Waals surface area contributed by atoms with Crippen molar-refractivity contribution in [1.82, 2.24) is 9.55 Å². The molecule has 1 atom stereocenters. The fourth-order valence-electron chi connectivity index (χ4n) is 3.10. The number of nitriles is 1. The third kappa shape index (κ3) is 4.52. The van der Waals surface area contributed by atoms with Crippen LogP contribution in [-0.4, -0.2) is 26.2 Å². The van der Waals surface area contributed by atoms with Gasteiger partial charge in [-0.1, -0.05) is 6.07 Å². The van der Waals surface area contributed by atoms with Crippen molar-refractivity contribution >= 4 is 22.6 Å². The van der Waals surface area contributed by atoms with Gasteiger partial charge in [-0.2, -0.15) is 31.6 Å². The normalized spacial score (nSPS) is 14.1. The number of aromatic nitrogens is 2. The monoisotopic (exact) mass is 456 g/mol. The molecule has 0 fully saturated rings. The van der Waals surface area contributed by atoms with E-state index in [1.54, 1.807) is 0 Å². The number of nitrogens with zero attached hydrogens (tertiary/aromatic N) is 3. The topological polar surface area (TPSA) is 90.9 Å². The Morgan fingerprint density at radius 1 is 1.12 bits per heavy atom. The minimum absolute atomic E-state index is 0.0158. The van der Waals surface area contributed by atoms with Crippen LogP contribution in [0.15, 0.2) is 42.7 Å². The molecular weight excluding hydrogens is 442 g/mol. The third-order valence-corrected chi connectivity index (χ3v) is 4.61. The quantitative estimate of drug-likeness (QED) is 0.572. The van der Waals surface area contributed by atoms with E-state index in [2.05, 4.69) is 10.3 Å². The number of rotatable bonds is 4. The second-order valence-electron chi connectivity index (χ2n) is 7.14. The zero-order valence-electron chi connectivity index (χ0n) is 16.2. The molecule has 0 unspecified atom stereocenters. The molecule has 0 aliphatic heterocycles. The number of fused-ring (bicyclic) bond motifs is 1. The van der Waals surface area contributed by atoms with Gasteiger partial charge in [0.2, 0.25) is 0 Å². The number of alkyl halides is 6. The molecule has 168 valence electrons. The van der Waals surface area contributed by atoms with Gasteiger partial charge in [-0.05, 0) is 37.3 Å². The van der Waals surface area contributed by atoms with Gasteiger partial charge in [-0.3, -0.25) is 4.79 Å². The minimum atomic E-state index is -4.86. The Kier molecular flexibility index (Phi) is 5.65. The predicted molar refractivity (Wildman–Crippen MR) is 100 cm³/mol. The Hall–Kier alpha value is -3.59. The first kappa shape index (κ1) is 23.1. The van der Waals surface area contributed by atoms with Crippen LogP contribution in [0.5, 0.6) is 0 Å². The summed E-state index contributed by atoms with van der Waals surface area (Å²) in [7, 11) is 0. The van der Waals surface area contributed by atoms with Crippen LogP contribution >= 0.6 is 0 Å². The summed E-state index contributed by atoms with van der Waals surface area (Å²) in [5.74, 6) is -1.17. The maximum absolute atomic E-state index is 13.4. The fourth-order valence-corrected chi connectivity index (χ4v) is 3.10. The van der Waals surface area contributed by atoms with Gasteiger partial charge in [0.15, 0.2) is 5.60 Å². The maximum Gasteiger partial charge on any atom is 0.418 e. The van der Waals surface area contributed by atoms with Crippen molar-refractivity contribution in [3.8, 4) is 6.07 Å². The molecule has 1 amide bonds. The molecule has 0 spiro atoms. The second-order valence-corrected chi connectivity index (χ2v) is 7.14. The van der Waals surface area contributed by atoms with Gasteiger partial charge in [0.05, 0.1) is 46.7 Å². The van der Waals surface area contributed by atoms with E-state index in [1.165, 1.54) is 12.1 Å². The van der Waals surface area contributed by atoms with Gasteiger partial charge >= 0.3 is 12.4 Å². The number of anilines is 1. The number of carbonyl (C=O) groups is 1. The minimum Gasteiger partial charge on any atom is -0.378 e. The van der Waals surface area contributed by atoms with Crippen molar-refractivity contribution in [2.45, 2.75) is 31.4 Å². The van der Waals surface area contributed by atoms with E-state index in [-0.39, 0.29) is 16.7 Å². The third-order valence-electron chi connectivity index (χ3n) is 4.61. The SMILES string of the molecule is C[C@](O)(Cn1cnc2cccc(C(F)(F)F)c21)C(=O)Nc1ccc(C#N)c(C(F)(F)F)c1. The number of hydrogen-bond donors (Lipinski definition) is 2. The Labute approximate surface area is 176 Å². The number of hydrogen-bond acceptors (Lipinski definition) is 4. The Bertz CT molecular complexity index is 1220. The van der Waals surface area contributed by atoms with Crippen LogP contribution in [0.25, 0.3) is 11.0 Å². The number of benzene rings is 2. The highest BCUT2D eigenvalue weighted by Crippen LogP contribution is 2.35. The number of aliphatic hydroxyl groups is 1. The molecule has 12 heteroatoms. The van der Waals surface area contributed by atoms with E-state index in [4.69, 9.17) is 5.26 Å². The molecule has 0 aliphatic carbocycles. The number of amides is 1. The van der Waals surface area contributed by atoms with Crippen LogP contribution in [0, 0.1) is 11.3 Å². The van der Waals surface area contributed by atoms with Crippen LogP contribution in [-0.2, 0) is 23.7 Å². The van der Waals surface area contributed by atoms with Gasteiger partial charge in [0.1, 0.15) is 0 Å². The first-order chi connectivity index (χ1) is 14.7. The highest BCUT2D eigenvalue weighted by Gasteiger charge is 2.37. The molecule has 2 aromatic carbocycles. The van der Waals surface area contributed by atoms with Gasteiger partial charge in [0.25, 0.3) is 5.91 Å². The molecule has 2 N–H and O–H groups in total. The average Bonchev–Trinajstić information content (AvgIpc) is 3.08. The van der Waals surface area contributed by atoms with Gasteiger partial charge in [0, 0.05) is 5.69 Å². The van der Waals surface area contributed by atoms with Crippen molar-refractivity contribution in [3.05, 3.63) is 59.4 Å². The van der Waals surface area contributed by atoms with E-state index < -0.39 is 47.1 Å². The largest absolute Gasteiger partial charge is 0.418 e. The van der Waals surface area contributed by atoms with Crippen LogP contribution in [0.2, 0.25) is 0 Å². The summed E-state index contributed by atoms with van der Waals surface area (Å²) in [5.41, 5.74) is -6.01. The number of imidazole rings is 1. The molecule has 0 bridgehead atoms. The number of carbonyl (C=O) groups excluding carboxylic acids is 1. The van der Waals surface area contributed by atoms with E-state index in [1.807, 2.05) is 0 Å². The Morgan fingerprint density at radius 3 is 2.38 bits per heavy atom. The first-order valence-corrected chi connectivity index (χ1v) is 8.90. The van der Waals surface area contributed by atoms with Gasteiger partial charge in [-0.15, -0.1) is 0 Å². The summed E-state index contributed by atoms with van der Waals surface area (Å²) >= 11 is 0. The summed E-state index contributed by atoms with van der Waals surface area (Å²) < 4.78 is 80.3. The summed E-state index contributed by atoms with van der Waals surface area (Å²) in [5, 5.41) is 21.5. The molecule has 0 radical (unpaired) electrons. The zero-order valence-corrected chi connectivity index (χ0v) is 16.2. The Morgan fingerprint density at radius 2 is 1.78 bits per heavy atom. The molecule has 0 saturated carbocycles. The van der Waals surface area contributed by atoms with Gasteiger partial charge in [-0.25, -0.2) is 4.98 Å². The van der Waals surface area contributed by atoms with Crippen LogP contribution < -0.4 is 5.32 Å². The van der Waals surface area contributed by atoms with Crippen LogP contribution in [0.1, 0.15) is 23.6 Å². The van der Waals surface area contributed by atoms with E-state index in [0.29, 0.717) is 6.07 Å². The molecule has 1 heterocycles. The lowest BCUT2D eigenvalue weighted by molar-refractivity contribution is -0.138. The first-order valence-electron chi connectivity index (χ1n) is 8.90. The molecule has 1 aromatic heterocycles. The highest BCUT2D eigenvalue weighted by molar-refractivity contribution is 5.97. The average molecular weight is 456 g/mol. The van der Waals surface area contributed by atoms with Crippen molar-refractivity contribution in [2.24, 2.45) is 0 Å². The second kappa shape index (κ2) is 7.83. The zero-order chi connectivity index (χ0) is 23.9. The summed E-state index contributed by atoms with van der Waals surface area (Å²) in [6.45, 7) is 0.337. The summed E-state index contributed by atoms with van der Waals surface area (Å²) in [6, 6.07) is 7.12. The lowest BCUT2D eigenvalue weighted by atomic mass is 10.0. The molecule has 3 rings (SSSR count). The number of halogens is 6. The predicted octanol–water partition coefficient (Wildman–Crippen LogP) is 4.34. The maximum atomic E-state index is 13.4. The fraction of sp³-hybridized carbons (Fsp3) is 0.250. The molecule has 0 aliphatic rings. The molecule has 32 heavy (non-hydrogen) atoms. The lowest BCUT2D eigenvalue weighted by Crippen LogP contribution is -2.43. The Balaban J connectivity index is 1.90. The van der Waals surface area contributed by atoms with Crippen LogP contribution in [0.4, 0.5) is 32.0 Å². The lowest BCUT2D eigenvalue weighted by Gasteiger charge is -2.24. The van der Waals surface area contributed by atoms with E-state index in [9.17, 15) is 36.2 Å². The highest BCUT2D eigenvalue weighted by atomic mass is 19.4. The molecule has 3 aromatic rings. The van der Waals surface area contributed by atoms with Gasteiger partial charge < -0.3 is 15.0 Å². The van der Waals surface area contributed by atoms with Crippen molar-refractivity contribution in [2.75, 3.05) is 5.32 Å². The van der Waals surface area contributed by atoms with E-state index >= 15 is 0 Å². The number of para-hydroxylation sites is 1. The van der Waals surface area contributed by atoms with Crippen molar-refractivity contribution in [3.63, 3.8) is 0 Å². The summed E-state index contributed by atoms with van der Waals surface area (Å²) in [4.78, 5) is 16.4. The van der Waals surface area contributed by atoms with Crippen molar-refractivity contribution in [1.29, 1.82) is 5.26 Å². The standard InChI is InChI=1S/C20H14F6N4O2/c1-18(32,9-30-10-28-15-4-2-3-13(16(15)30)19(21,22)23)17(31)29-12-6-5-11(8-27)14(7-12)20(24,25)26/h2-7,10,32H,9H2,1H3,(H,29,31)/t18-/m0/s1. The van der Waals surface area contributed by atoms with E-state index in [0.717, 1.165) is 42.1 Å². The summed E-state index contributed by atoms with van der Waals surface area (Å²) in [6.07, 6.45) is -8.56. The molecular formula is C20H14F6N4O2. The van der Waals surface area contributed by atoms with Crippen molar-refractivity contribution < 1.29 is 36.2 Å². The van der Waals surface area contributed by atoms with Crippen LogP contribution in [0.3, 0.4) is 0 Å². The molecule has 0 saturated heterocycles. The smallest absolute Gasteiger partial charge is 0.378 e.